The van der Waals surface area contributed by atoms with Crippen molar-refractivity contribution in [1.82, 2.24) is 14.2 Å². The van der Waals surface area contributed by atoms with Gasteiger partial charge in [-0.2, -0.15) is 0 Å². The summed E-state index contributed by atoms with van der Waals surface area (Å²) in [6.07, 6.45) is 4.95. The molecule has 12 heteroatoms. The van der Waals surface area contributed by atoms with Crippen LogP contribution in [0.2, 0.25) is 0 Å². The molecule has 1 aliphatic heterocycles. The molecule has 0 unspecified atom stereocenters. The average molecular weight is 562 g/mol. The minimum atomic E-state index is -3.39. The van der Waals surface area contributed by atoms with Gasteiger partial charge in [-0.1, -0.05) is 12.1 Å². The number of carbonyl (C=O) groups is 1. The zero-order chi connectivity index (χ0) is 27.7. The van der Waals surface area contributed by atoms with Crippen molar-refractivity contribution in [2.24, 2.45) is 5.73 Å². The van der Waals surface area contributed by atoms with E-state index in [9.17, 15) is 21.6 Å². The van der Waals surface area contributed by atoms with E-state index in [0.717, 1.165) is 34.9 Å². The lowest BCUT2D eigenvalue weighted by Gasteiger charge is -2.31. The number of nitrogens with two attached hydrogens (primary N) is 1. The van der Waals surface area contributed by atoms with Gasteiger partial charge in [0.1, 0.15) is 0 Å². The second-order valence-corrected chi connectivity index (χ2v) is 14.0. The van der Waals surface area contributed by atoms with Gasteiger partial charge in [-0.05, 0) is 86.8 Å². The number of benzene rings is 2. The van der Waals surface area contributed by atoms with Crippen LogP contribution in [0.5, 0.6) is 0 Å². The zero-order valence-corrected chi connectivity index (χ0v) is 23.5. The topological polar surface area (TPSA) is 146 Å². The Bertz CT molecular complexity index is 1520. The van der Waals surface area contributed by atoms with Crippen molar-refractivity contribution in [3.05, 3.63) is 53.7 Å². The molecule has 0 radical (unpaired) electrons. The van der Waals surface area contributed by atoms with Crippen LogP contribution in [0.25, 0.3) is 22.0 Å². The third-order valence-corrected chi connectivity index (χ3v) is 9.47. The van der Waals surface area contributed by atoms with Gasteiger partial charge in [-0.25, -0.2) is 21.1 Å². The Morgan fingerprint density at radius 1 is 1.08 bits per heavy atom. The highest BCUT2D eigenvalue weighted by atomic mass is 32.2. The van der Waals surface area contributed by atoms with Gasteiger partial charge >= 0.3 is 0 Å². The lowest BCUT2D eigenvalue weighted by Crippen LogP contribution is -2.39. The summed E-state index contributed by atoms with van der Waals surface area (Å²) in [6.45, 7) is 1.64. The number of nitrogens with one attached hydrogen (secondary N) is 2. The van der Waals surface area contributed by atoms with E-state index < -0.39 is 26.0 Å². The second kappa shape index (κ2) is 11.0. The van der Waals surface area contributed by atoms with Crippen molar-refractivity contribution < 1.29 is 21.6 Å². The monoisotopic (exact) mass is 561 g/mol. The fourth-order valence-corrected chi connectivity index (χ4v) is 7.12. The highest BCUT2D eigenvalue weighted by Crippen LogP contribution is 2.37. The predicted molar refractivity (Wildman–Crippen MR) is 151 cm³/mol. The Balaban J connectivity index is 1.58. The molecule has 1 aliphatic rings. The first-order valence-electron chi connectivity index (χ1n) is 12.5. The molecular weight excluding hydrogens is 526 g/mol. The molecule has 0 spiro atoms. The molecule has 4 rings (SSSR count). The van der Waals surface area contributed by atoms with E-state index in [-0.39, 0.29) is 11.7 Å². The third kappa shape index (κ3) is 6.55. The molecule has 38 heavy (non-hydrogen) atoms. The maximum atomic E-state index is 12.8. The van der Waals surface area contributed by atoms with E-state index >= 15 is 0 Å². The van der Waals surface area contributed by atoms with Crippen molar-refractivity contribution >= 4 is 42.5 Å². The van der Waals surface area contributed by atoms with E-state index in [1.54, 1.807) is 34.6 Å². The molecule has 10 nitrogen and oxygen atoms in total. The summed E-state index contributed by atoms with van der Waals surface area (Å²) in [5.74, 6) is -0.277. The molecule has 1 amide bonds. The van der Waals surface area contributed by atoms with Gasteiger partial charge in [-0.15, -0.1) is 0 Å². The van der Waals surface area contributed by atoms with Crippen LogP contribution in [-0.4, -0.2) is 82.7 Å². The van der Waals surface area contributed by atoms with Gasteiger partial charge in [0.2, 0.25) is 20.0 Å². The number of aromatic nitrogens is 1. The number of piperidine rings is 1. The molecule has 0 atom stereocenters. The van der Waals surface area contributed by atoms with Crippen molar-refractivity contribution in [1.29, 1.82) is 0 Å². The van der Waals surface area contributed by atoms with E-state index in [4.69, 9.17) is 5.73 Å². The van der Waals surface area contributed by atoms with Crippen molar-refractivity contribution in [2.75, 3.05) is 50.5 Å². The van der Waals surface area contributed by atoms with E-state index in [1.165, 1.54) is 0 Å². The molecule has 1 aromatic heterocycles. The molecule has 2 aromatic carbocycles. The van der Waals surface area contributed by atoms with Crippen LogP contribution in [0.1, 0.15) is 41.1 Å². The average Bonchev–Trinajstić information content (AvgIpc) is 3.26. The number of primary amides is 1. The zero-order valence-electron chi connectivity index (χ0n) is 21.9. The molecule has 0 saturated carbocycles. The Morgan fingerprint density at radius 2 is 1.74 bits per heavy atom. The predicted octanol–water partition coefficient (Wildman–Crippen LogP) is 2.77. The summed E-state index contributed by atoms with van der Waals surface area (Å²) < 4.78 is 52.7. The summed E-state index contributed by atoms with van der Waals surface area (Å²) >= 11 is 0. The van der Waals surface area contributed by atoms with E-state index in [1.807, 2.05) is 31.3 Å². The number of nitrogens with zero attached hydrogens (tertiary/aromatic N) is 2. The molecule has 1 saturated heterocycles. The number of sulfonamides is 2. The fraction of sp³-hybridized carbons (Fsp3) is 0.423. The molecule has 3 aromatic rings. The van der Waals surface area contributed by atoms with Crippen LogP contribution in [0, 0.1) is 0 Å². The molecule has 0 aliphatic carbocycles. The largest absolute Gasteiger partial charge is 0.366 e. The minimum Gasteiger partial charge on any atom is -0.366 e. The number of hydrogen-bond donors (Lipinski definition) is 3. The van der Waals surface area contributed by atoms with Gasteiger partial charge in [-0.3, -0.25) is 9.52 Å². The van der Waals surface area contributed by atoms with Gasteiger partial charge in [0.25, 0.3) is 5.91 Å². The van der Waals surface area contributed by atoms with Crippen LogP contribution in [0.15, 0.2) is 42.6 Å². The van der Waals surface area contributed by atoms with Crippen LogP contribution in [0.4, 0.5) is 5.69 Å². The van der Waals surface area contributed by atoms with Crippen LogP contribution in [-0.2, 0) is 20.0 Å². The summed E-state index contributed by atoms with van der Waals surface area (Å²) in [6, 6.07) is 10.6. The molecule has 206 valence electrons. The standard InChI is InChI=1S/C26H35N5O5S2/c1-30(2)11-4-14-38(35,36)31-12-9-19(10-13-31)24-17-28-25-22(24)15-20(16-23(25)26(27)32)18-5-7-21(8-6-18)29-37(3,33)34/h5-8,15-17,19,28-29H,4,9-14H2,1-3H3,(H2,27,32). The van der Waals surface area contributed by atoms with E-state index in [0.29, 0.717) is 49.1 Å². The molecule has 4 N–H and O–H groups in total. The number of aromatic amines is 1. The first-order chi connectivity index (χ1) is 17.8. The highest BCUT2D eigenvalue weighted by molar-refractivity contribution is 7.92. The fourth-order valence-electron chi connectivity index (χ4n) is 5.03. The number of rotatable bonds is 10. The molecule has 2 heterocycles. The summed E-state index contributed by atoms with van der Waals surface area (Å²) in [7, 11) is -2.83. The summed E-state index contributed by atoms with van der Waals surface area (Å²) in [5.41, 5.74) is 9.80. The number of carbonyl (C=O) groups excluding carboxylic acids is 1. The third-order valence-electron chi connectivity index (χ3n) is 6.90. The first-order valence-corrected chi connectivity index (χ1v) is 16.0. The van der Waals surface area contributed by atoms with Crippen LogP contribution < -0.4 is 10.5 Å². The normalized spacial score (nSPS) is 15.8. The quantitative estimate of drug-likeness (QED) is 0.347. The molecule has 0 bridgehead atoms. The maximum Gasteiger partial charge on any atom is 0.250 e. The van der Waals surface area contributed by atoms with Gasteiger partial charge in [0.15, 0.2) is 0 Å². The SMILES string of the molecule is CN(C)CCCS(=O)(=O)N1CCC(c2c[nH]c3c(C(N)=O)cc(-c4ccc(NS(C)(=O)=O)cc4)cc23)CC1. The number of hydrogen-bond acceptors (Lipinski definition) is 6. The number of anilines is 1. The van der Waals surface area contributed by atoms with Crippen LogP contribution in [0.3, 0.4) is 0 Å². The summed E-state index contributed by atoms with van der Waals surface area (Å²) in [5, 5.41) is 0.877. The van der Waals surface area contributed by atoms with Crippen molar-refractivity contribution in [2.45, 2.75) is 25.2 Å². The molecular formula is C26H35N5O5S2. The number of amides is 1. The Morgan fingerprint density at radius 3 is 2.32 bits per heavy atom. The lowest BCUT2D eigenvalue weighted by atomic mass is 9.88. The highest BCUT2D eigenvalue weighted by Gasteiger charge is 2.30. The first kappa shape index (κ1) is 28.1. The Hall–Kier alpha value is -2.93. The van der Waals surface area contributed by atoms with Crippen molar-refractivity contribution in [3.63, 3.8) is 0 Å². The van der Waals surface area contributed by atoms with Gasteiger partial charge < -0.3 is 15.6 Å². The van der Waals surface area contributed by atoms with Crippen molar-refractivity contribution in [3.8, 4) is 11.1 Å². The van der Waals surface area contributed by atoms with Crippen LogP contribution >= 0.6 is 0 Å². The Labute approximate surface area is 224 Å². The second-order valence-electron chi connectivity index (χ2n) is 10.2. The maximum absolute atomic E-state index is 12.8. The number of H-pyrrole nitrogens is 1. The minimum absolute atomic E-state index is 0.134. The Kier molecular flexibility index (Phi) is 8.17. The smallest absolute Gasteiger partial charge is 0.250 e. The van der Waals surface area contributed by atoms with Gasteiger partial charge in [0, 0.05) is 30.4 Å². The number of fused-ring (bicyclic) bond motifs is 1. The van der Waals surface area contributed by atoms with E-state index in [2.05, 4.69) is 9.71 Å². The lowest BCUT2D eigenvalue weighted by molar-refractivity contribution is 0.100. The molecule has 1 fully saturated rings. The van der Waals surface area contributed by atoms with Gasteiger partial charge in [0.05, 0.1) is 23.1 Å². The summed E-state index contributed by atoms with van der Waals surface area (Å²) in [4.78, 5) is 17.5.